The summed E-state index contributed by atoms with van der Waals surface area (Å²) >= 11 is 1.76. The first-order valence-electron chi connectivity index (χ1n) is 3.27. The third-order valence-corrected chi connectivity index (χ3v) is 2.25. The number of aliphatic hydroxyl groups excluding tert-OH is 1. The molecule has 0 aromatic carbocycles. The summed E-state index contributed by atoms with van der Waals surface area (Å²) in [6.07, 6.45) is 0.864. The van der Waals surface area contributed by atoms with Crippen LogP contribution in [0.3, 0.4) is 0 Å². The highest BCUT2D eigenvalue weighted by molar-refractivity contribution is 7.99. The molecular weight excluding hydrogens is 134 g/mol. The lowest BCUT2D eigenvalue weighted by Gasteiger charge is -2.04. The number of aliphatic hydroxyl groups is 1. The summed E-state index contributed by atoms with van der Waals surface area (Å²) in [7, 11) is 0. The highest BCUT2D eigenvalue weighted by Crippen LogP contribution is 2.02. The van der Waals surface area contributed by atoms with Gasteiger partial charge in [0.05, 0.1) is 6.10 Å². The van der Waals surface area contributed by atoms with Gasteiger partial charge in [-0.1, -0.05) is 6.92 Å². The Morgan fingerprint density at radius 1 is 1.67 bits per heavy atom. The van der Waals surface area contributed by atoms with E-state index in [9.17, 15) is 0 Å². The van der Waals surface area contributed by atoms with Crippen molar-refractivity contribution in [2.24, 2.45) is 5.73 Å². The standard InChI is InChI=1S/C6H15NOS/c1-2-3-9-5-6(8)4-7/h6,8H,2-5,7H2,1H3. The molecule has 1 atom stereocenters. The fourth-order valence-electron chi connectivity index (χ4n) is 0.432. The molecule has 0 saturated heterocycles. The Balaban J connectivity index is 2.88. The van der Waals surface area contributed by atoms with Gasteiger partial charge in [0.1, 0.15) is 0 Å². The van der Waals surface area contributed by atoms with E-state index in [2.05, 4.69) is 6.92 Å². The highest BCUT2D eigenvalue weighted by Gasteiger charge is 1.98. The second kappa shape index (κ2) is 6.39. The fraction of sp³-hybridized carbons (Fsp3) is 1.00. The summed E-state index contributed by atoms with van der Waals surface area (Å²) in [6.45, 7) is 2.51. The van der Waals surface area contributed by atoms with Gasteiger partial charge in [-0.05, 0) is 12.2 Å². The zero-order chi connectivity index (χ0) is 7.11. The smallest absolute Gasteiger partial charge is 0.0752 e. The van der Waals surface area contributed by atoms with Gasteiger partial charge >= 0.3 is 0 Å². The summed E-state index contributed by atoms with van der Waals surface area (Å²) < 4.78 is 0. The summed E-state index contributed by atoms with van der Waals surface area (Å²) in [5.41, 5.74) is 5.19. The van der Waals surface area contributed by atoms with Gasteiger partial charge in [0, 0.05) is 12.3 Å². The van der Waals surface area contributed by atoms with Gasteiger partial charge < -0.3 is 10.8 Å². The molecule has 56 valence electrons. The maximum atomic E-state index is 8.94. The largest absolute Gasteiger partial charge is 0.391 e. The minimum atomic E-state index is -0.304. The van der Waals surface area contributed by atoms with E-state index < -0.39 is 0 Å². The van der Waals surface area contributed by atoms with E-state index in [1.165, 1.54) is 6.42 Å². The molecule has 0 heterocycles. The summed E-state index contributed by atoms with van der Waals surface area (Å²) in [6, 6.07) is 0. The van der Waals surface area contributed by atoms with E-state index in [0.29, 0.717) is 6.54 Å². The van der Waals surface area contributed by atoms with Crippen molar-refractivity contribution < 1.29 is 5.11 Å². The first kappa shape index (κ1) is 9.27. The molecule has 3 heteroatoms. The van der Waals surface area contributed by atoms with Gasteiger partial charge in [-0.25, -0.2) is 0 Å². The van der Waals surface area contributed by atoms with Crippen LogP contribution in [0.1, 0.15) is 13.3 Å². The van der Waals surface area contributed by atoms with Crippen molar-refractivity contribution in [1.29, 1.82) is 0 Å². The first-order chi connectivity index (χ1) is 4.31. The van der Waals surface area contributed by atoms with E-state index in [4.69, 9.17) is 10.8 Å². The summed E-state index contributed by atoms with van der Waals surface area (Å²) in [5.74, 6) is 1.90. The Kier molecular flexibility index (Phi) is 6.58. The second-order valence-electron chi connectivity index (χ2n) is 1.96. The third-order valence-electron chi connectivity index (χ3n) is 0.931. The number of rotatable bonds is 5. The van der Waals surface area contributed by atoms with Gasteiger partial charge in [-0.15, -0.1) is 0 Å². The van der Waals surface area contributed by atoms with Gasteiger partial charge in [0.25, 0.3) is 0 Å². The van der Waals surface area contributed by atoms with Crippen molar-refractivity contribution in [3.8, 4) is 0 Å². The lowest BCUT2D eigenvalue weighted by atomic mass is 10.4. The van der Waals surface area contributed by atoms with Crippen molar-refractivity contribution in [3.63, 3.8) is 0 Å². The van der Waals surface area contributed by atoms with Crippen molar-refractivity contribution in [2.45, 2.75) is 19.4 Å². The quantitative estimate of drug-likeness (QED) is 0.558. The number of thioether (sulfide) groups is 1. The van der Waals surface area contributed by atoms with Gasteiger partial charge in [-0.3, -0.25) is 0 Å². The van der Waals surface area contributed by atoms with Crippen molar-refractivity contribution in [1.82, 2.24) is 0 Å². The van der Waals surface area contributed by atoms with Crippen LogP contribution in [0.25, 0.3) is 0 Å². The van der Waals surface area contributed by atoms with Gasteiger partial charge in [0.15, 0.2) is 0 Å². The van der Waals surface area contributed by atoms with Gasteiger partial charge in [-0.2, -0.15) is 11.8 Å². The molecule has 0 aromatic rings. The Hall–Kier alpha value is 0.270. The molecule has 2 nitrogen and oxygen atoms in total. The van der Waals surface area contributed by atoms with Crippen LogP contribution >= 0.6 is 11.8 Å². The lowest BCUT2D eigenvalue weighted by molar-refractivity contribution is 0.208. The van der Waals surface area contributed by atoms with Crippen molar-refractivity contribution in [2.75, 3.05) is 18.1 Å². The van der Waals surface area contributed by atoms with E-state index in [0.717, 1.165) is 11.5 Å². The molecule has 0 aliphatic heterocycles. The zero-order valence-electron chi connectivity index (χ0n) is 5.84. The molecule has 0 spiro atoms. The van der Waals surface area contributed by atoms with Crippen LogP contribution < -0.4 is 5.73 Å². The van der Waals surface area contributed by atoms with Crippen molar-refractivity contribution in [3.05, 3.63) is 0 Å². The van der Waals surface area contributed by atoms with E-state index >= 15 is 0 Å². The molecule has 0 radical (unpaired) electrons. The van der Waals surface area contributed by atoms with Crippen LogP contribution in [0.2, 0.25) is 0 Å². The first-order valence-corrected chi connectivity index (χ1v) is 4.42. The topological polar surface area (TPSA) is 46.2 Å². The molecule has 0 aliphatic rings. The predicted molar refractivity (Wildman–Crippen MR) is 42.7 cm³/mol. The summed E-state index contributed by atoms with van der Waals surface area (Å²) in [5, 5.41) is 8.94. The van der Waals surface area contributed by atoms with Crippen LogP contribution in [0.4, 0.5) is 0 Å². The lowest BCUT2D eigenvalue weighted by Crippen LogP contribution is -2.22. The Morgan fingerprint density at radius 3 is 2.78 bits per heavy atom. The van der Waals surface area contributed by atoms with E-state index in [1.54, 1.807) is 11.8 Å². The molecule has 0 fully saturated rings. The third kappa shape index (κ3) is 6.15. The minimum absolute atomic E-state index is 0.304. The van der Waals surface area contributed by atoms with Crippen LogP contribution in [-0.2, 0) is 0 Å². The van der Waals surface area contributed by atoms with Crippen LogP contribution in [-0.4, -0.2) is 29.3 Å². The maximum absolute atomic E-state index is 8.94. The van der Waals surface area contributed by atoms with Gasteiger partial charge in [0.2, 0.25) is 0 Å². The highest BCUT2D eigenvalue weighted by atomic mass is 32.2. The Morgan fingerprint density at radius 2 is 2.33 bits per heavy atom. The number of hydrogen-bond acceptors (Lipinski definition) is 3. The molecule has 0 aliphatic carbocycles. The average Bonchev–Trinajstić information content (AvgIpc) is 1.89. The molecule has 1 unspecified atom stereocenters. The maximum Gasteiger partial charge on any atom is 0.0752 e. The molecule has 3 N–H and O–H groups in total. The molecular formula is C6H15NOS. The SMILES string of the molecule is CCCSCC(O)CN. The Bertz CT molecular complexity index is 61.0. The predicted octanol–water partition coefficient (Wildman–Crippen LogP) is 0.449. The minimum Gasteiger partial charge on any atom is -0.391 e. The number of nitrogens with two attached hydrogens (primary N) is 1. The molecule has 0 aromatic heterocycles. The molecule has 0 saturated carbocycles. The van der Waals surface area contributed by atoms with E-state index in [1.807, 2.05) is 0 Å². The fourth-order valence-corrected chi connectivity index (χ4v) is 1.30. The van der Waals surface area contributed by atoms with E-state index in [-0.39, 0.29) is 6.10 Å². The molecule has 0 amide bonds. The monoisotopic (exact) mass is 149 g/mol. The van der Waals surface area contributed by atoms with Crippen LogP contribution in [0, 0.1) is 0 Å². The second-order valence-corrected chi connectivity index (χ2v) is 3.11. The molecule has 0 bridgehead atoms. The van der Waals surface area contributed by atoms with Crippen molar-refractivity contribution >= 4 is 11.8 Å². The van der Waals surface area contributed by atoms with Crippen LogP contribution in [0.5, 0.6) is 0 Å². The van der Waals surface area contributed by atoms with Crippen LogP contribution in [0.15, 0.2) is 0 Å². The molecule has 0 rings (SSSR count). The Labute approximate surface area is 60.8 Å². The normalized spacial score (nSPS) is 13.7. The average molecular weight is 149 g/mol. The number of hydrogen-bond donors (Lipinski definition) is 2. The summed E-state index contributed by atoms with van der Waals surface area (Å²) in [4.78, 5) is 0. The molecule has 9 heavy (non-hydrogen) atoms. The zero-order valence-corrected chi connectivity index (χ0v) is 6.66.